The van der Waals surface area contributed by atoms with E-state index in [2.05, 4.69) is 70.1 Å². The molecule has 0 amide bonds. The maximum Gasteiger partial charge on any atom is 0.337 e. The van der Waals surface area contributed by atoms with Crippen molar-refractivity contribution >= 4 is 16.5 Å². The molecule has 3 aromatic rings. The second-order valence-electron chi connectivity index (χ2n) is 7.11. The monoisotopic (exact) mass is 347 g/mol. The van der Waals surface area contributed by atoms with Crippen LogP contribution in [0.2, 0.25) is 0 Å². The van der Waals surface area contributed by atoms with Crippen LogP contribution in [0.4, 0.5) is 5.13 Å². The molecule has 0 saturated carbocycles. The molecule has 2 aromatic carbocycles. The molecular formula is C22H23N2S+. The predicted molar refractivity (Wildman–Crippen MR) is 103 cm³/mol. The van der Waals surface area contributed by atoms with Gasteiger partial charge in [-0.05, 0) is 24.8 Å². The van der Waals surface area contributed by atoms with E-state index < -0.39 is 0 Å². The van der Waals surface area contributed by atoms with E-state index in [4.69, 9.17) is 0 Å². The first kappa shape index (κ1) is 15.2. The molecular weight excluding hydrogens is 324 g/mol. The summed E-state index contributed by atoms with van der Waals surface area (Å²) in [5.41, 5.74) is 4.44. The molecule has 25 heavy (non-hydrogen) atoms. The molecule has 0 saturated heterocycles. The predicted octanol–water partition coefficient (Wildman–Crippen LogP) is 4.68. The lowest BCUT2D eigenvalue weighted by Gasteiger charge is -2.19. The fraction of sp³-hybridized carbons (Fsp3) is 0.318. The third-order valence-electron chi connectivity index (χ3n) is 5.52. The van der Waals surface area contributed by atoms with Gasteiger partial charge in [0.2, 0.25) is 0 Å². The van der Waals surface area contributed by atoms with Gasteiger partial charge in [0.15, 0.2) is 6.04 Å². The highest BCUT2D eigenvalue weighted by Gasteiger charge is 2.43. The SMILES string of the molecule is c1ccc(CN2c3sc4c([n+]3CC2c2ccccc2)CCCC4)cc1. The van der Waals surface area contributed by atoms with E-state index in [0.29, 0.717) is 6.04 Å². The first-order valence-corrected chi connectivity index (χ1v) is 10.1. The summed E-state index contributed by atoms with van der Waals surface area (Å²) in [4.78, 5) is 4.26. The second-order valence-corrected chi connectivity index (χ2v) is 8.17. The van der Waals surface area contributed by atoms with Gasteiger partial charge in [-0.3, -0.25) is 0 Å². The topological polar surface area (TPSA) is 7.12 Å². The maximum atomic E-state index is 2.63. The highest BCUT2D eigenvalue weighted by atomic mass is 32.1. The smallest absolute Gasteiger partial charge is 0.237 e. The summed E-state index contributed by atoms with van der Waals surface area (Å²) in [6, 6.07) is 22.4. The minimum Gasteiger partial charge on any atom is -0.237 e. The molecule has 126 valence electrons. The number of rotatable bonds is 3. The van der Waals surface area contributed by atoms with Crippen LogP contribution >= 0.6 is 11.3 Å². The number of benzene rings is 2. The van der Waals surface area contributed by atoms with Gasteiger partial charge in [0.05, 0.1) is 4.88 Å². The average Bonchev–Trinajstić information content (AvgIpc) is 3.20. The van der Waals surface area contributed by atoms with Crippen LogP contribution in [-0.4, -0.2) is 0 Å². The number of aryl methyl sites for hydroxylation is 1. The minimum absolute atomic E-state index is 0.444. The first-order chi connectivity index (χ1) is 12.4. The molecule has 1 aliphatic heterocycles. The van der Waals surface area contributed by atoms with Crippen LogP contribution < -0.4 is 9.47 Å². The number of hydrogen-bond donors (Lipinski definition) is 0. The van der Waals surface area contributed by atoms with E-state index in [1.807, 2.05) is 11.3 Å². The Morgan fingerprint density at radius 1 is 0.920 bits per heavy atom. The van der Waals surface area contributed by atoms with Crippen molar-refractivity contribution in [3.05, 3.63) is 82.4 Å². The summed E-state index contributed by atoms with van der Waals surface area (Å²) in [5.74, 6) is 0. The molecule has 0 spiro atoms. The third-order valence-corrected chi connectivity index (χ3v) is 6.84. The van der Waals surface area contributed by atoms with Crippen LogP contribution in [0.25, 0.3) is 0 Å². The van der Waals surface area contributed by atoms with Crippen molar-refractivity contribution in [3.63, 3.8) is 0 Å². The summed E-state index contributed by atoms with van der Waals surface area (Å²) in [5, 5.41) is 1.46. The zero-order chi connectivity index (χ0) is 16.6. The quantitative estimate of drug-likeness (QED) is 0.624. The van der Waals surface area contributed by atoms with E-state index >= 15 is 0 Å². The highest BCUT2D eigenvalue weighted by molar-refractivity contribution is 7.15. The van der Waals surface area contributed by atoms with Gasteiger partial charge in [-0.2, -0.15) is 0 Å². The Morgan fingerprint density at radius 3 is 2.44 bits per heavy atom. The first-order valence-electron chi connectivity index (χ1n) is 9.30. The van der Waals surface area contributed by atoms with Gasteiger partial charge in [-0.15, -0.1) is 0 Å². The zero-order valence-electron chi connectivity index (χ0n) is 14.4. The molecule has 1 atom stereocenters. The molecule has 0 bridgehead atoms. The van der Waals surface area contributed by atoms with E-state index in [0.717, 1.165) is 13.1 Å². The number of thiazole rings is 1. The molecule has 0 radical (unpaired) electrons. The third kappa shape index (κ3) is 2.67. The highest BCUT2D eigenvalue weighted by Crippen LogP contribution is 2.40. The van der Waals surface area contributed by atoms with Gasteiger partial charge >= 0.3 is 5.13 Å². The molecule has 2 nitrogen and oxygen atoms in total. The summed E-state index contributed by atoms with van der Waals surface area (Å²) in [7, 11) is 0. The largest absolute Gasteiger partial charge is 0.337 e. The van der Waals surface area contributed by atoms with Gasteiger partial charge in [0.1, 0.15) is 18.8 Å². The lowest BCUT2D eigenvalue weighted by molar-refractivity contribution is -0.678. The number of aromatic nitrogens is 1. The molecule has 1 aromatic heterocycles. The number of anilines is 1. The molecule has 2 heterocycles. The Balaban J connectivity index is 1.56. The van der Waals surface area contributed by atoms with Gasteiger partial charge in [0, 0.05) is 12.0 Å². The van der Waals surface area contributed by atoms with Crippen molar-refractivity contribution in [2.45, 2.75) is 44.8 Å². The van der Waals surface area contributed by atoms with Crippen LogP contribution in [0.1, 0.15) is 40.6 Å². The molecule has 0 fully saturated rings. The van der Waals surface area contributed by atoms with Crippen molar-refractivity contribution in [2.24, 2.45) is 0 Å². The Hall–Kier alpha value is -2.13. The van der Waals surface area contributed by atoms with Crippen LogP contribution in [0.5, 0.6) is 0 Å². The Labute approximate surface area is 153 Å². The number of fused-ring (bicyclic) bond motifs is 3. The van der Waals surface area contributed by atoms with Crippen molar-refractivity contribution in [2.75, 3.05) is 4.90 Å². The molecule has 1 aliphatic carbocycles. The molecule has 3 heteroatoms. The average molecular weight is 348 g/mol. The van der Waals surface area contributed by atoms with E-state index in [-0.39, 0.29) is 0 Å². The summed E-state index contributed by atoms with van der Waals surface area (Å²) >= 11 is 2.04. The Bertz CT molecular complexity index is 870. The molecule has 5 rings (SSSR count). The van der Waals surface area contributed by atoms with Crippen LogP contribution in [0, 0.1) is 0 Å². The van der Waals surface area contributed by atoms with E-state index in [9.17, 15) is 0 Å². The normalized spacial score (nSPS) is 18.9. The molecule has 0 N–H and O–H groups in total. The standard InChI is InChI=1S/C22H23N2S/c1-3-9-17(10-4-1)15-23-20(18-11-5-2-6-12-18)16-24-19-13-7-8-14-21(19)25-22(23)24/h1-6,9-12,20H,7-8,13-16H2/q+1. The lowest BCUT2D eigenvalue weighted by atomic mass is 10.0. The van der Waals surface area contributed by atoms with Crippen LogP contribution in [-0.2, 0) is 25.9 Å². The van der Waals surface area contributed by atoms with Gasteiger partial charge in [-0.1, -0.05) is 72.0 Å². The molecule has 1 unspecified atom stereocenters. The van der Waals surface area contributed by atoms with E-state index in [1.54, 1.807) is 10.6 Å². The Morgan fingerprint density at radius 2 is 1.64 bits per heavy atom. The van der Waals surface area contributed by atoms with Crippen molar-refractivity contribution in [1.82, 2.24) is 0 Å². The van der Waals surface area contributed by atoms with Gasteiger partial charge in [0.25, 0.3) is 0 Å². The van der Waals surface area contributed by atoms with Crippen LogP contribution in [0.3, 0.4) is 0 Å². The summed E-state index contributed by atoms with van der Waals surface area (Å²) in [6.07, 6.45) is 5.23. The van der Waals surface area contributed by atoms with Crippen molar-refractivity contribution in [1.29, 1.82) is 0 Å². The summed E-state index contributed by atoms with van der Waals surface area (Å²) < 4.78 is 2.62. The fourth-order valence-electron chi connectivity index (χ4n) is 4.26. The molecule has 2 aliphatic rings. The Kier molecular flexibility index (Phi) is 3.82. The second kappa shape index (κ2) is 6.30. The lowest BCUT2D eigenvalue weighted by Crippen LogP contribution is -2.35. The van der Waals surface area contributed by atoms with Gasteiger partial charge in [-0.25, -0.2) is 9.47 Å². The van der Waals surface area contributed by atoms with Gasteiger partial charge < -0.3 is 0 Å². The number of nitrogens with zero attached hydrogens (tertiary/aromatic N) is 2. The maximum absolute atomic E-state index is 2.63. The minimum atomic E-state index is 0.444. The zero-order valence-corrected chi connectivity index (χ0v) is 15.2. The fourth-order valence-corrected chi connectivity index (χ4v) is 5.66. The van der Waals surface area contributed by atoms with Crippen LogP contribution in [0.15, 0.2) is 60.7 Å². The number of hydrogen-bond acceptors (Lipinski definition) is 2. The van der Waals surface area contributed by atoms with Crippen molar-refractivity contribution in [3.8, 4) is 0 Å². The van der Waals surface area contributed by atoms with E-state index in [1.165, 1.54) is 41.9 Å². The summed E-state index contributed by atoms with van der Waals surface area (Å²) in [6.45, 7) is 2.08. The van der Waals surface area contributed by atoms with Crippen molar-refractivity contribution < 1.29 is 4.57 Å².